The van der Waals surface area contributed by atoms with E-state index in [4.69, 9.17) is 0 Å². The number of rotatable bonds is 7. The second-order valence-corrected chi connectivity index (χ2v) is 7.80. The summed E-state index contributed by atoms with van der Waals surface area (Å²) in [5, 5.41) is 0. The van der Waals surface area contributed by atoms with Gasteiger partial charge in [-0.3, -0.25) is 0 Å². The normalized spacial score (nSPS) is 11.7. The van der Waals surface area contributed by atoms with Crippen molar-refractivity contribution < 1.29 is 42.5 Å². The van der Waals surface area contributed by atoms with Gasteiger partial charge in [0, 0.05) is 0 Å². The minimum atomic E-state index is -4.46. The van der Waals surface area contributed by atoms with Crippen molar-refractivity contribution in [2.75, 3.05) is 0 Å². The van der Waals surface area contributed by atoms with Gasteiger partial charge in [-0.25, -0.2) is 8.42 Å². The molecule has 0 spiro atoms. The van der Waals surface area contributed by atoms with Crippen LogP contribution in [0, 0.1) is 0 Å². The van der Waals surface area contributed by atoms with Crippen LogP contribution in [0.2, 0.25) is 0 Å². The van der Waals surface area contributed by atoms with E-state index in [9.17, 15) is 13.0 Å². The zero-order valence-electron chi connectivity index (χ0n) is 15.1. The maximum Gasteiger partial charge on any atom is 1.00 e. The van der Waals surface area contributed by atoms with Gasteiger partial charge in [-0.1, -0.05) is 64.3 Å². The molecule has 0 atom stereocenters. The first-order valence-corrected chi connectivity index (χ1v) is 9.77. The second kappa shape index (κ2) is 9.35. The molecule has 0 aromatic rings. The summed E-state index contributed by atoms with van der Waals surface area (Å²) in [6.45, 7) is 6.35. The first-order valence-electron chi connectivity index (χ1n) is 8.36. The average molecular weight is 356 g/mol. The van der Waals surface area contributed by atoms with Crippen molar-refractivity contribution in [3.8, 4) is 11.1 Å². The molecule has 0 fully saturated rings. The largest absolute Gasteiger partial charge is 1.00 e. The molecule has 2 rings (SSSR count). The van der Waals surface area contributed by atoms with E-state index in [0.29, 0.717) is 11.5 Å². The van der Waals surface area contributed by atoms with Crippen LogP contribution in [0.5, 0.6) is 0 Å². The molecule has 0 saturated heterocycles. The molecular weight excluding hydrogens is 331 g/mol. The Morgan fingerprint density at radius 2 is 1.62 bits per heavy atom. The maximum absolute atomic E-state index is 11.6. The van der Waals surface area contributed by atoms with Crippen LogP contribution in [-0.2, 0) is 16.5 Å². The molecule has 0 heterocycles. The SMILES string of the molecule is CCCCCCc1cc(S(=O)(=O)[O-])c2ccc(C(C)C)ccc1-2.[Na+]. The Labute approximate surface area is 168 Å². The third kappa shape index (κ3) is 5.30. The molecular formula is C19H25NaO3S. The molecule has 2 aliphatic carbocycles. The van der Waals surface area contributed by atoms with Crippen molar-refractivity contribution in [3.63, 3.8) is 0 Å². The topological polar surface area (TPSA) is 57.2 Å². The van der Waals surface area contributed by atoms with Gasteiger partial charge in [0.15, 0.2) is 0 Å². The molecule has 126 valence electrons. The van der Waals surface area contributed by atoms with Crippen molar-refractivity contribution >= 4 is 10.1 Å². The molecule has 0 saturated carbocycles. The Hall–Kier alpha value is -0.390. The summed E-state index contributed by atoms with van der Waals surface area (Å²) in [5.74, 6) is 0.354. The summed E-state index contributed by atoms with van der Waals surface area (Å²) in [6, 6.07) is 9.28. The number of fused-ring (bicyclic) bond motifs is 1. The molecule has 0 bridgehead atoms. The number of hydrogen-bond donors (Lipinski definition) is 0. The van der Waals surface area contributed by atoms with E-state index in [1.807, 2.05) is 18.2 Å². The molecule has 0 aromatic heterocycles. The Kier molecular flexibility index (Phi) is 8.43. The first kappa shape index (κ1) is 21.7. The summed E-state index contributed by atoms with van der Waals surface area (Å²) in [4.78, 5) is -0.0797. The molecule has 24 heavy (non-hydrogen) atoms. The average Bonchev–Trinajstić information content (AvgIpc) is 2.67. The van der Waals surface area contributed by atoms with Gasteiger partial charge in [0.25, 0.3) is 0 Å². The van der Waals surface area contributed by atoms with Crippen molar-refractivity contribution in [2.45, 2.75) is 63.7 Å². The smallest absolute Gasteiger partial charge is 0.744 e. The molecule has 0 unspecified atom stereocenters. The van der Waals surface area contributed by atoms with Crippen LogP contribution in [0.1, 0.15) is 63.5 Å². The van der Waals surface area contributed by atoms with Crippen LogP contribution in [-0.4, -0.2) is 13.0 Å². The van der Waals surface area contributed by atoms with Crippen LogP contribution in [0.3, 0.4) is 0 Å². The summed E-state index contributed by atoms with van der Waals surface area (Å²) in [6.07, 6.45) is 5.29. The fraction of sp³-hybridized carbons (Fsp3) is 0.474. The van der Waals surface area contributed by atoms with Crippen LogP contribution in [0.15, 0.2) is 35.2 Å². The number of unbranched alkanes of at least 4 members (excludes halogenated alkanes) is 3. The standard InChI is InChI=1S/C19H26O3S.Na/c1-4-5-6-7-8-16-13-19(23(20,21)22)18-12-10-15(14(2)3)9-11-17(16)18;/h9-14H,4-8H2,1-3H3,(H,20,21,22);/q;+1/p-1. The Bertz CT molecular complexity index is 739. The van der Waals surface area contributed by atoms with E-state index in [1.54, 1.807) is 12.1 Å². The van der Waals surface area contributed by atoms with Gasteiger partial charge in [-0.05, 0) is 47.1 Å². The van der Waals surface area contributed by atoms with Crippen LogP contribution >= 0.6 is 0 Å². The minimum Gasteiger partial charge on any atom is -0.744 e. The van der Waals surface area contributed by atoms with Crippen molar-refractivity contribution in [1.29, 1.82) is 0 Å². The Morgan fingerprint density at radius 3 is 2.17 bits per heavy atom. The van der Waals surface area contributed by atoms with Gasteiger partial charge in [0.2, 0.25) is 0 Å². The predicted molar refractivity (Wildman–Crippen MR) is 93.0 cm³/mol. The maximum atomic E-state index is 11.6. The molecule has 0 amide bonds. The zero-order valence-corrected chi connectivity index (χ0v) is 17.9. The minimum absolute atomic E-state index is 0. The number of hydrogen-bond acceptors (Lipinski definition) is 3. The predicted octanol–water partition coefficient (Wildman–Crippen LogP) is 1.95. The van der Waals surface area contributed by atoms with Crippen LogP contribution in [0.25, 0.3) is 11.1 Å². The van der Waals surface area contributed by atoms with Crippen molar-refractivity contribution in [1.82, 2.24) is 0 Å². The van der Waals surface area contributed by atoms with Gasteiger partial charge >= 0.3 is 29.6 Å². The van der Waals surface area contributed by atoms with Gasteiger partial charge in [-0.2, -0.15) is 0 Å². The molecule has 0 radical (unpaired) electrons. The van der Waals surface area contributed by atoms with E-state index in [-0.39, 0.29) is 34.5 Å². The summed E-state index contributed by atoms with van der Waals surface area (Å²) in [5.41, 5.74) is 3.55. The summed E-state index contributed by atoms with van der Waals surface area (Å²) < 4.78 is 34.8. The van der Waals surface area contributed by atoms with E-state index >= 15 is 0 Å². The zero-order chi connectivity index (χ0) is 17.0. The third-order valence-electron chi connectivity index (χ3n) is 4.33. The van der Waals surface area contributed by atoms with Crippen LogP contribution < -0.4 is 29.6 Å². The Morgan fingerprint density at radius 1 is 1.00 bits per heavy atom. The van der Waals surface area contributed by atoms with Gasteiger partial charge in [-0.15, -0.1) is 0 Å². The molecule has 3 nitrogen and oxygen atoms in total. The summed E-state index contributed by atoms with van der Waals surface area (Å²) in [7, 11) is -4.46. The van der Waals surface area contributed by atoms with Gasteiger partial charge < -0.3 is 4.55 Å². The van der Waals surface area contributed by atoms with Crippen molar-refractivity contribution in [2.24, 2.45) is 0 Å². The van der Waals surface area contributed by atoms with E-state index in [1.165, 1.54) is 6.42 Å². The van der Waals surface area contributed by atoms with Gasteiger partial charge in [0.05, 0.1) is 4.90 Å². The quantitative estimate of drug-likeness (QED) is 0.433. The first-order chi connectivity index (χ1) is 10.8. The Balaban J connectivity index is 0.00000288. The van der Waals surface area contributed by atoms with E-state index < -0.39 is 10.1 Å². The van der Waals surface area contributed by atoms with E-state index in [0.717, 1.165) is 42.4 Å². The number of aryl methyl sites for hydroxylation is 1. The fourth-order valence-electron chi connectivity index (χ4n) is 2.94. The molecule has 5 heteroatoms. The molecule has 0 N–H and O–H groups in total. The fourth-order valence-corrected chi connectivity index (χ4v) is 3.68. The van der Waals surface area contributed by atoms with Crippen LogP contribution in [0.4, 0.5) is 0 Å². The van der Waals surface area contributed by atoms with Gasteiger partial charge in [0.1, 0.15) is 10.1 Å². The third-order valence-corrected chi connectivity index (χ3v) is 5.20. The molecule has 0 aliphatic heterocycles. The molecule has 0 aromatic carbocycles. The van der Waals surface area contributed by atoms with E-state index in [2.05, 4.69) is 20.8 Å². The summed E-state index contributed by atoms with van der Waals surface area (Å²) >= 11 is 0. The van der Waals surface area contributed by atoms with Crippen molar-refractivity contribution in [3.05, 3.63) is 41.5 Å². The monoisotopic (exact) mass is 356 g/mol. The second-order valence-electron chi connectivity index (χ2n) is 6.45. The molecule has 2 aliphatic rings.